The van der Waals surface area contributed by atoms with Crippen LogP contribution in [0.25, 0.3) is 11.3 Å². The molecule has 5 nitrogen and oxygen atoms in total. The van der Waals surface area contributed by atoms with Crippen LogP contribution >= 0.6 is 0 Å². The highest BCUT2D eigenvalue weighted by Gasteiger charge is 2.45. The van der Waals surface area contributed by atoms with E-state index in [1.807, 2.05) is 42.7 Å². The van der Waals surface area contributed by atoms with E-state index in [1.54, 1.807) is 0 Å². The molecule has 166 valence electrons. The van der Waals surface area contributed by atoms with E-state index in [9.17, 15) is 4.79 Å². The van der Waals surface area contributed by atoms with Gasteiger partial charge in [-0.15, -0.1) is 0 Å². The monoisotopic (exact) mass is 428 g/mol. The molecule has 3 aromatic rings. The number of benzene rings is 2. The fourth-order valence-corrected chi connectivity index (χ4v) is 5.37. The van der Waals surface area contributed by atoms with Gasteiger partial charge in [-0.3, -0.25) is 9.69 Å². The average molecular weight is 429 g/mol. The van der Waals surface area contributed by atoms with Gasteiger partial charge in [-0.25, -0.2) is 4.98 Å². The van der Waals surface area contributed by atoms with E-state index < -0.39 is 0 Å². The molecule has 0 saturated carbocycles. The second-order valence-electron chi connectivity index (χ2n) is 9.58. The Morgan fingerprint density at radius 2 is 1.75 bits per heavy atom. The van der Waals surface area contributed by atoms with Crippen molar-refractivity contribution in [1.82, 2.24) is 19.4 Å². The molecule has 5 rings (SSSR count). The highest BCUT2D eigenvalue weighted by molar-refractivity contribution is 5.79. The Hall–Kier alpha value is -2.92. The van der Waals surface area contributed by atoms with Crippen molar-refractivity contribution in [2.24, 2.45) is 0 Å². The predicted molar refractivity (Wildman–Crippen MR) is 127 cm³/mol. The maximum Gasteiger partial charge on any atom is 0.227 e. The molecule has 2 aliphatic heterocycles. The van der Waals surface area contributed by atoms with E-state index in [0.29, 0.717) is 12.5 Å². The van der Waals surface area contributed by atoms with Gasteiger partial charge in [0, 0.05) is 37.8 Å². The van der Waals surface area contributed by atoms with Crippen LogP contribution in [0.4, 0.5) is 0 Å². The zero-order valence-electron chi connectivity index (χ0n) is 19.1. The summed E-state index contributed by atoms with van der Waals surface area (Å²) in [5.74, 6) is 0.224. The van der Waals surface area contributed by atoms with Gasteiger partial charge < -0.3 is 9.47 Å². The molecule has 5 heteroatoms. The molecule has 0 unspecified atom stereocenters. The number of carbonyl (C=O) groups is 1. The molecule has 1 saturated heterocycles. The topological polar surface area (TPSA) is 41.4 Å². The van der Waals surface area contributed by atoms with Gasteiger partial charge in [0.05, 0.1) is 29.7 Å². The number of hydrogen-bond donors (Lipinski definition) is 0. The molecule has 1 fully saturated rings. The van der Waals surface area contributed by atoms with Crippen LogP contribution in [-0.4, -0.2) is 50.9 Å². The van der Waals surface area contributed by atoms with Crippen molar-refractivity contribution in [1.29, 1.82) is 0 Å². The normalized spacial score (nSPS) is 21.2. The van der Waals surface area contributed by atoms with E-state index in [1.165, 1.54) is 5.69 Å². The van der Waals surface area contributed by atoms with Crippen molar-refractivity contribution in [3.63, 3.8) is 0 Å². The second kappa shape index (κ2) is 8.55. The van der Waals surface area contributed by atoms with Gasteiger partial charge in [-0.2, -0.15) is 0 Å². The molecule has 32 heavy (non-hydrogen) atoms. The van der Waals surface area contributed by atoms with Crippen molar-refractivity contribution in [3.8, 4) is 11.3 Å². The maximum atomic E-state index is 13.2. The van der Waals surface area contributed by atoms with Crippen molar-refractivity contribution < 1.29 is 4.79 Å². The summed E-state index contributed by atoms with van der Waals surface area (Å²) in [6.45, 7) is 7.97. The number of carbonyl (C=O) groups excluding carboxylic acids is 1. The first-order valence-corrected chi connectivity index (χ1v) is 11.7. The van der Waals surface area contributed by atoms with Crippen LogP contribution in [0.2, 0.25) is 0 Å². The van der Waals surface area contributed by atoms with Gasteiger partial charge in [0.15, 0.2) is 0 Å². The van der Waals surface area contributed by atoms with Crippen molar-refractivity contribution in [3.05, 3.63) is 78.2 Å². The molecule has 3 heterocycles. The Morgan fingerprint density at radius 3 is 2.47 bits per heavy atom. The number of imidazole rings is 1. The summed E-state index contributed by atoms with van der Waals surface area (Å²) in [5.41, 5.74) is 4.47. The summed E-state index contributed by atoms with van der Waals surface area (Å²) >= 11 is 0. The Morgan fingerprint density at radius 1 is 1.03 bits per heavy atom. The fraction of sp³-hybridized carbons (Fsp3) is 0.407. The number of rotatable bonds is 4. The van der Waals surface area contributed by atoms with Crippen LogP contribution < -0.4 is 0 Å². The summed E-state index contributed by atoms with van der Waals surface area (Å²) in [6, 6.07) is 21.0. The average Bonchev–Trinajstić information content (AvgIpc) is 3.25. The van der Waals surface area contributed by atoms with Gasteiger partial charge in [0.1, 0.15) is 0 Å². The van der Waals surface area contributed by atoms with E-state index in [-0.39, 0.29) is 11.4 Å². The molecule has 0 aliphatic carbocycles. The van der Waals surface area contributed by atoms with Gasteiger partial charge in [-0.05, 0) is 32.3 Å². The predicted octanol–water partition coefficient (Wildman–Crippen LogP) is 4.33. The number of nitrogens with zero attached hydrogens (tertiary/aromatic N) is 4. The third kappa shape index (κ3) is 3.86. The summed E-state index contributed by atoms with van der Waals surface area (Å²) in [4.78, 5) is 22.8. The molecule has 1 aromatic heterocycles. The van der Waals surface area contributed by atoms with E-state index >= 15 is 0 Å². The van der Waals surface area contributed by atoms with Gasteiger partial charge in [0.25, 0.3) is 0 Å². The molecule has 1 amide bonds. The molecule has 2 aliphatic rings. The third-order valence-electron chi connectivity index (χ3n) is 7.11. The maximum absolute atomic E-state index is 13.2. The summed E-state index contributed by atoms with van der Waals surface area (Å²) in [6.07, 6.45) is 4.59. The highest BCUT2D eigenvalue weighted by Crippen LogP contribution is 2.39. The Balaban J connectivity index is 1.48. The largest absolute Gasteiger partial charge is 0.340 e. The lowest BCUT2D eigenvalue weighted by molar-refractivity contribution is -0.134. The molecule has 1 spiro atoms. The number of aromatic nitrogens is 2. The SMILES string of the molecule is CC(C)N1Cc2c(-c3ccccc3)ncn2[C@]2(CCCN(C(=O)Cc3ccccc3)C2)C1. The number of hydrogen-bond acceptors (Lipinski definition) is 3. The molecule has 0 radical (unpaired) electrons. The quantitative estimate of drug-likeness (QED) is 0.621. The molecule has 0 N–H and O–H groups in total. The van der Waals surface area contributed by atoms with Crippen LogP contribution in [0.1, 0.15) is 37.9 Å². The minimum absolute atomic E-state index is 0.123. The van der Waals surface area contributed by atoms with E-state index in [0.717, 1.165) is 55.8 Å². The number of piperidine rings is 1. The Bertz CT molecular complexity index is 1080. The molecular weight excluding hydrogens is 396 g/mol. The zero-order valence-corrected chi connectivity index (χ0v) is 19.1. The smallest absolute Gasteiger partial charge is 0.227 e. The molecule has 1 atom stereocenters. The number of amides is 1. The Labute approximate surface area is 190 Å². The first kappa shape index (κ1) is 21.0. The first-order chi connectivity index (χ1) is 15.6. The lowest BCUT2D eigenvalue weighted by Crippen LogP contribution is -2.60. The number of fused-ring (bicyclic) bond motifs is 2. The lowest BCUT2D eigenvalue weighted by Gasteiger charge is -2.50. The molecule has 0 bridgehead atoms. The standard InChI is InChI=1S/C27H32N4O/c1-21(2)30-17-24-26(23-12-7-4-8-13-23)28-20-31(24)27(19-30)14-9-15-29(18-27)25(32)16-22-10-5-3-6-11-22/h3-8,10-13,20-21H,9,14-19H2,1-2H3/t27-/m0/s1. The molecular formula is C27H32N4O. The summed E-state index contributed by atoms with van der Waals surface area (Å²) < 4.78 is 2.41. The van der Waals surface area contributed by atoms with Crippen LogP contribution in [0.3, 0.4) is 0 Å². The van der Waals surface area contributed by atoms with Crippen LogP contribution in [0.15, 0.2) is 67.0 Å². The van der Waals surface area contributed by atoms with Crippen molar-refractivity contribution in [2.75, 3.05) is 19.6 Å². The van der Waals surface area contributed by atoms with E-state index in [2.05, 4.69) is 52.5 Å². The Kier molecular flexibility index (Phi) is 5.60. The molecule has 2 aromatic carbocycles. The van der Waals surface area contributed by atoms with Crippen molar-refractivity contribution >= 4 is 5.91 Å². The summed E-state index contributed by atoms with van der Waals surface area (Å²) in [5, 5.41) is 0. The lowest BCUT2D eigenvalue weighted by atomic mass is 9.85. The van der Waals surface area contributed by atoms with Crippen LogP contribution in [-0.2, 0) is 23.3 Å². The second-order valence-corrected chi connectivity index (χ2v) is 9.58. The minimum Gasteiger partial charge on any atom is -0.340 e. The van der Waals surface area contributed by atoms with Gasteiger partial charge in [0.2, 0.25) is 5.91 Å². The zero-order chi connectivity index (χ0) is 22.1. The first-order valence-electron chi connectivity index (χ1n) is 11.7. The number of likely N-dealkylation sites (tertiary alicyclic amines) is 1. The third-order valence-corrected chi connectivity index (χ3v) is 7.11. The fourth-order valence-electron chi connectivity index (χ4n) is 5.37. The van der Waals surface area contributed by atoms with Crippen LogP contribution in [0, 0.1) is 0 Å². The van der Waals surface area contributed by atoms with E-state index in [4.69, 9.17) is 4.98 Å². The highest BCUT2D eigenvalue weighted by atomic mass is 16.2. The van der Waals surface area contributed by atoms with Gasteiger partial charge >= 0.3 is 0 Å². The van der Waals surface area contributed by atoms with Gasteiger partial charge in [-0.1, -0.05) is 60.7 Å². The van der Waals surface area contributed by atoms with Crippen LogP contribution in [0.5, 0.6) is 0 Å². The summed E-state index contributed by atoms with van der Waals surface area (Å²) in [7, 11) is 0. The van der Waals surface area contributed by atoms with Crippen molar-refractivity contribution in [2.45, 2.75) is 51.2 Å². The minimum atomic E-state index is -0.123.